The van der Waals surface area contributed by atoms with Gasteiger partial charge in [-0.1, -0.05) is 104 Å². The van der Waals surface area contributed by atoms with Crippen molar-refractivity contribution >= 4 is 69.1 Å². The SMILES string of the molecule is C=C(/C=C\C(C)=C/C)c1c2nc(c(C3=CC[C@H](C(=O)O)C=C3)c3ccc([nH]3)c(-c3ccc(C)cc3)c3nc(c(C4=CCC(C)C=C4)c4ccc1[nH]4)C=C3)C=C2. The van der Waals surface area contributed by atoms with Gasteiger partial charge in [-0.25, -0.2) is 9.97 Å². The highest BCUT2D eigenvalue weighted by Gasteiger charge is 2.22. The molecule has 4 aliphatic rings. The molecule has 0 saturated heterocycles. The van der Waals surface area contributed by atoms with Crippen LogP contribution in [0.1, 0.15) is 78.6 Å². The maximum atomic E-state index is 11.9. The first-order chi connectivity index (χ1) is 26.7. The second kappa shape index (κ2) is 14.7. The van der Waals surface area contributed by atoms with Crippen molar-refractivity contribution in [2.24, 2.45) is 11.8 Å². The van der Waals surface area contributed by atoms with Crippen molar-refractivity contribution in [1.29, 1.82) is 0 Å². The van der Waals surface area contributed by atoms with Crippen LogP contribution in [0.5, 0.6) is 0 Å². The lowest BCUT2D eigenvalue weighted by Gasteiger charge is -2.13. The van der Waals surface area contributed by atoms with Crippen molar-refractivity contribution in [2.75, 3.05) is 0 Å². The quantitative estimate of drug-likeness (QED) is 0.143. The van der Waals surface area contributed by atoms with Gasteiger partial charge in [0.15, 0.2) is 0 Å². The topological polar surface area (TPSA) is 94.7 Å². The number of hydrogen-bond donors (Lipinski definition) is 3. The fourth-order valence-electron chi connectivity index (χ4n) is 7.49. The van der Waals surface area contributed by atoms with Gasteiger partial charge in [-0.15, -0.1) is 0 Å². The van der Waals surface area contributed by atoms with E-state index in [2.05, 4.69) is 134 Å². The number of aryl methyl sites for hydroxylation is 1. The molecule has 2 atom stereocenters. The van der Waals surface area contributed by atoms with E-state index in [0.717, 1.165) is 101 Å². The van der Waals surface area contributed by atoms with Gasteiger partial charge in [-0.2, -0.15) is 0 Å². The molecule has 5 heterocycles. The number of benzene rings is 1. The highest BCUT2D eigenvalue weighted by Crippen LogP contribution is 2.38. The molecule has 0 spiro atoms. The number of rotatable bonds is 7. The van der Waals surface area contributed by atoms with Crippen molar-refractivity contribution in [3.63, 3.8) is 0 Å². The number of aromatic amines is 2. The molecule has 0 radical (unpaired) electrons. The first-order valence-electron chi connectivity index (χ1n) is 18.9. The van der Waals surface area contributed by atoms with Crippen molar-refractivity contribution < 1.29 is 9.90 Å². The van der Waals surface area contributed by atoms with E-state index in [4.69, 9.17) is 9.97 Å². The minimum absolute atomic E-state index is 0.393. The van der Waals surface area contributed by atoms with Gasteiger partial charge in [-0.05, 0) is 110 Å². The molecule has 8 bridgehead atoms. The van der Waals surface area contributed by atoms with Gasteiger partial charge in [0.05, 0.1) is 28.7 Å². The summed E-state index contributed by atoms with van der Waals surface area (Å²) in [6, 6.07) is 17.0. The number of aliphatic carboxylic acids is 1. The third-order valence-electron chi connectivity index (χ3n) is 10.7. The highest BCUT2D eigenvalue weighted by atomic mass is 16.4. The maximum absolute atomic E-state index is 11.9. The molecule has 2 aliphatic heterocycles. The molecule has 3 aromatic heterocycles. The number of nitrogens with one attached hydrogen (secondary N) is 2. The zero-order chi connectivity index (χ0) is 38.2. The average molecular weight is 721 g/mol. The fourth-order valence-corrected chi connectivity index (χ4v) is 7.49. The van der Waals surface area contributed by atoms with Crippen LogP contribution in [0.3, 0.4) is 0 Å². The Morgan fingerprint density at radius 1 is 0.727 bits per heavy atom. The highest BCUT2D eigenvalue weighted by molar-refractivity contribution is 5.99. The summed E-state index contributed by atoms with van der Waals surface area (Å²) < 4.78 is 0. The van der Waals surface area contributed by atoms with Crippen molar-refractivity contribution in [3.05, 3.63) is 160 Å². The van der Waals surface area contributed by atoms with E-state index in [1.165, 1.54) is 5.56 Å². The van der Waals surface area contributed by atoms with E-state index in [0.29, 0.717) is 12.3 Å². The number of hydrogen-bond acceptors (Lipinski definition) is 3. The summed E-state index contributed by atoms with van der Waals surface area (Å²) in [5.41, 5.74) is 17.0. The predicted octanol–water partition coefficient (Wildman–Crippen LogP) is 12.2. The van der Waals surface area contributed by atoms with Crippen molar-refractivity contribution in [2.45, 2.75) is 40.5 Å². The lowest BCUT2D eigenvalue weighted by atomic mass is 9.92. The molecule has 1 aromatic carbocycles. The predicted molar refractivity (Wildman–Crippen MR) is 230 cm³/mol. The lowest BCUT2D eigenvalue weighted by Crippen LogP contribution is -2.12. The summed E-state index contributed by atoms with van der Waals surface area (Å²) in [4.78, 5) is 30.2. The molecular weight excluding hydrogens is 677 g/mol. The molecule has 272 valence electrons. The molecule has 0 amide bonds. The molecule has 6 nitrogen and oxygen atoms in total. The molecule has 2 aliphatic carbocycles. The van der Waals surface area contributed by atoms with Crippen LogP contribution in [0.15, 0.2) is 115 Å². The molecule has 55 heavy (non-hydrogen) atoms. The van der Waals surface area contributed by atoms with Gasteiger partial charge < -0.3 is 15.1 Å². The van der Waals surface area contributed by atoms with Crippen LogP contribution in [0.4, 0.5) is 0 Å². The largest absolute Gasteiger partial charge is 0.481 e. The Morgan fingerprint density at radius 2 is 1.27 bits per heavy atom. The zero-order valence-corrected chi connectivity index (χ0v) is 31.7. The summed E-state index contributed by atoms with van der Waals surface area (Å²) in [7, 11) is 0. The Balaban J connectivity index is 1.51. The molecule has 3 N–H and O–H groups in total. The lowest BCUT2D eigenvalue weighted by molar-refractivity contribution is -0.139. The summed E-state index contributed by atoms with van der Waals surface area (Å²) >= 11 is 0. The maximum Gasteiger partial charge on any atom is 0.310 e. The Morgan fingerprint density at radius 3 is 1.85 bits per heavy atom. The zero-order valence-electron chi connectivity index (χ0n) is 31.7. The average Bonchev–Trinajstić information content (AvgIpc) is 4.03. The van der Waals surface area contributed by atoms with E-state index in [9.17, 15) is 9.90 Å². The van der Waals surface area contributed by atoms with Gasteiger partial charge in [0, 0.05) is 44.3 Å². The Bertz CT molecular complexity index is 2680. The Hall–Kier alpha value is -6.53. The third kappa shape index (κ3) is 6.99. The van der Waals surface area contributed by atoms with Crippen LogP contribution in [0.2, 0.25) is 0 Å². The summed E-state index contributed by atoms with van der Waals surface area (Å²) in [5.74, 6) is -0.936. The molecule has 1 unspecified atom stereocenters. The second-order valence-corrected chi connectivity index (χ2v) is 14.7. The van der Waals surface area contributed by atoms with Gasteiger partial charge in [-0.3, -0.25) is 4.79 Å². The standard InChI is InChI=1S/C49H44N4O2/c1-6-29(2)7-12-32(5)45-37-21-23-39(50-37)46(33-13-8-30(3)9-14-33)41-25-26-42(52-41)47(34-15-10-31(4)11-16-34)43-27-28-44(53-43)48(40-24-22-38(45)51-40)35-17-19-36(20-18-35)49(54)55/h6-8,10-19,21-28,30,36,50,53H,5,9,20H2,1-4H3,(H,54,55)/b12-7-,29-6-,45-37?,45-38?,46-39?,46-41?,47-42?,47-43?,48-40?,48-44?/t30?,36-/m1/s1. The van der Waals surface area contributed by atoms with Crippen molar-refractivity contribution in [3.8, 4) is 11.1 Å². The van der Waals surface area contributed by atoms with Crippen LogP contribution in [0.25, 0.3) is 74.2 Å². The Labute approximate surface area is 321 Å². The van der Waals surface area contributed by atoms with Gasteiger partial charge in [0.1, 0.15) is 0 Å². The normalized spacial score (nSPS) is 17.9. The summed E-state index contributed by atoms with van der Waals surface area (Å²) in [6.45, 7) is 13.0. The number of carboxylic acid groups (broad SMARTS) is 1. The van der Waals surface area contributed by atoms with E-state index in [1.807, 2.05) is 31.2 Å². The minimum atomic E-state index is -0.834. The fraction of sp³-hybridized carbons (Fsp3) is 0.163. The smallest absolute Gasteiger partial charge is 0.310 e. The molecule has 8 rings (SSSR count). The monoisotopic (exact) mass is 720 g/mol. The number of carboxylic acids is 1. The second-order valence-electron chi connectivity index (χ2n) is 14.7. The molecule has 0 fully saturated rings. The number of carbonyl (C=O) groups is 1. The molecule has 6 heteroatoms. The number of allylic oxidation sites excluding steroid dienone is 12. The van der Waals surface area contributed by atoms with E-state index in [1.54, 1.807) is 6.08 Å². The number of H-pyrrole nitrogens is 2. The summed E-state index contributed by atoms with van der Waals surface area (Å²) in [5, 5.41) is 9.76. The van der Waals surface area contributed by atoms with Crippen molar-refractivity contribution in [1.82, 2.24) is 19.9 Å². The van der Waals surface area contributed by atoms with Crippen LogP contribution in [0, 0.1) is 18.8 Å². The van der Waals surface area contributed by atoms with Crippen LogP contribution >= 0.6 is 0 Å². The van der Waals surface area contributed by atoms with E-state index in [-0.39, 0.29) is 0 Å². The van der Waals surface area contributed by atoms with E-state index >= 15 is 0 Å². The van der Waals surface area contributed by atoms with E-state index < -0.39 is 11.9 Å². The molecule has 0 saturated carbocycles. The first kappa shape index (κ1) is 35.5. The van der Waals surface area contributed by atoms with Gasteiger partial charge >= 0.3 is 5.97 Å². The number of fused-ring (bicyclic) bond motifs is 8. The third-order valence-corrected chi connectivity index (χ3v) is 10.7. The number of aromatic nitrogens is 4. The first-order valence-corrected chi connectivity index (χ1v) is 18.9. The number of nitrogens with zero attached hydrogens (tertiary/aromatic N) is 2. The van der Waals surface area contributed by atoms with Crippen LogP contribution in [-0.4, -0.2) is 31.0 Å². The summed E-state index contributed by atoms with van der Waals surface area (Å²) in [6.07, 6.45) is 28.4. The van der Waals surface area contributed by atoms with Crippen LogP contribution in [-0.2, 0) is 4.79 Å². The Kier molecular flexibility index (Phi) is 9.50. The minimum Gasteiger partial charge on any atom is -0.481 e. The van der Waals surface area contributed by atoms with Gasteiger partial charge in [0.25, 0.3) is 0 Å². The molecule has 4 aromatic rings. The molecular formula is C49H44N4O2. The van der Waals surface area contributed by atoms with Gasteiger partial charge in [0.2, 0.25) is 0 Å². The van der Waals surface area contributed by atoms with Crippen LogP contribution < -0.4 is 0 Å².